The van der Waals surface area contributed by atoms with Gasteiger partial charge in [-0.1, -0.05) is 0 Å². The molecule has 1 amide bonds. The van der Waals surface area contributed by atoms with Gasteiger partial charge in [-0.25, -0.2) is 0 Å². The second-order valence-corrected chi connectivity index (χ2v) is 13.1. The van der Waals surface area contributed by atoms with Gasteiger partial charge in [-0.15, -0.1) is 10.2 Å². The predicted octanol–water partition coefficient (Wildman–Crippen LogP) is 5.84. The van der Waals surface area contributed by atoms with E-state index in [2.05, 4.69) is 33.8 Å². The Bertz CT molecular complexity index is 1650. The summed E-state index contributed by atoms with van der Waals surface area (Å²) in [6.07, 6.45) is 1.52. The van der Waals surface area contributed by atoms with Crippen molar-refractivity contribution in [2.75, 3.05) is 17.3 Å². The van der Waals surface area contributed by atoms with E-state index < -0.39 is 23.1 Å². The normalized spacial score (nSPS) is 22.8. The van der Waals surface area contributed by atoms with Crippen LogP contribution >= 0.6 is 0 Å². The average molecular weight is 622 g/mol. The lowest BCUT2D eigenvalue weighted by Crippen LogP contribution is -2.48. The van der Waals surface area contributed by atoms with Gasteiger partial charge >= 0.3 is 6.18 Å². The monoisotopic (exact) mass is 621 g/mol. The van der Waals surface area contributed by atoms with Gasteiger partial charge in [0.1, 0.15) is 12.2 Å². The summed E-state index contributed by atoms with van der Waals surface area (Å²) in [7, 11) is 3.53. The molecule has 1 aromatic heterocycles. The first-order valence-corrected chi connectivity index (χ1v) is 15.3. The van der Waals surface area contributed by atoms with Crippen molar-refractivity contribution in [3.63, 3.8) is 0 Å². The molecule has 0 radical (unpaired) electrons. The molecule has 6 rings (SSSR count). The van der Waals surface area contributed by atoms with E-state index in [1.165, 1.54) is 11.0 Å². The number of nitrogens with zero attached hydrogens (tertiary/aromatic N) is 5. The largest absolute Gasteiger partial charge is 0.416 e. The molecule has 238 valence electrons. The third kappa shape index (κ3) is 5.68. The van der Waals surface area contributed by atoms with Crippen LogP contribution in [0.3, 0.4) is 0 Å². The molecule has 2 heterocycles. The molecule has 0 spiro atoms. The number of anilines is 2. The second kappa shape index (κ2) is 11.4. The third-order valence-corrected chi connectivity index (χ3v) is 9.80. The smallest absolute Gasteiger partial charge is 0.381 e. The number of aromatic nitrogens is 3. The summed E-state index contributed by atoms with van der Waals surface area (Å²) < 4.78 is 50.8. The number of rotatable bonds is 10. The third-order valence-electron chi connectivity index (χ3n) is 9.80. The maximum Gasteiger partial charge on any atom is 0.416 e. The number of nitrogens with one attached hydrogen (secondary N) is 2. The standard InChI is InChI=1S/C33H38F3N7O2/c1-20(6-9-37)40-23-12-22(32(15-25(16-32)45-4)30-41-39-19-42(30)3)13-24(14-23)43-18-27-26(29(43)44)10-21(11-28(27)33(34,35)36)17-38-31(2)7-5-8-31/h10-14,19-20,25,38,40H,5-8,15-18H2,1-4H3/t20-,25-,32-/m1/s1. The van der Waals surface area contributed by atoms with Gasteiger partial charge in [0, 0.05) is 49.2 Å². The van der Waals surface area contributed by atoms with Gasteiger partial charge in [0.05, 0.1) is 36.1 Å². The number of hydrogen-bond acceptors (Lipinski definition) is 7. The zero-order valence-electron chi connectivity index (χ0n) is 26.0. The minimum atomic E-state index is -4.62. The van der Waals surface area contributed by atoms with Gasteiger partial charge in [-0.05, 0) is 93.0 Å². The van der Waals surface area contributed by atoms with E-state index in [-0.39, 0.29) is 48.3 Å². The maximum absolute atomic E-state index is 14.4. The van der Waals surface area contributed by atoms with Crippen molar-refractivity contribution >= 4 is 17.3 Å². The summed E-state index contributed by atoms with van der Waals surface area (Å²) in [5.74, 6) is 0.258. The van der Waals surface area contributed by atoms with Gasteiger partial charge in [0.2, 0.25) is 0 Å². The molecule has 2 N–H and O–H groups in total. The van der Waals surface area contributed by atoms with E-state index in [1.54, 1.807) is 25.6 Å². The minimum Gasteiger partial charge on any atom is -0.381 e. The fourth-order valence-electron chi connectivity index (χ4n) is 6.98. The van der Waals surface area contributed by atoms with Gasteiger partial charge in [0.15, 0.2) is 0 Å². The summed E-state index contributed by atoms with van der Waals surface area (Å²) >= 11 is 0. The quantitative estimate of drug-likeness (QED) is 0.293. The van der Waals surface area contributed by atoms with Crippen LogP contribution in [0.25, 0.3) is 0 Å². The lowest BCUT2D eigenvalue weighted by Gasteiger charge is -2.46. The van der Waals surface area contributed by atoms with Crippen LogP contribution in [0.5, 0.6) is 0 Å². The highest BCUT2D eigenvalue weighted by Crippen LogP contribution is 2.51. The molecule has 3 aromatic rings. The zero-order valence-corrected chi connectivity index (χ0v) is 26.0. The lowest BCUT2D eigenvalue weighted by molar-refractivity contribution is -0.138. The Morgan fingerprint density at radius 1 is 1.20 bits per heavy atom. The molecule has 3 aliphatic rings. The molecule has 2 fully saturated rings. The van der Waals surface area contributed by atoms with Crippen LogP contribution in [-0.4, -0.2) is 45.5 Å². The number of benzene rings is 2. The molecule has 2 aliphatic carbocycles. The fourth-order valence-corrected chi connectivity index (χ4v) is 6.98. The van der Waals surface area contributed by atoms with Crippen LogP contribution in [0, 0.1) is 11.3 Å². The number of fused-ring (bicyclic) bond motifs is 1. The summed E-state index contributed by atoms with van der Waals surface area (Å²) in [4.78, 5) is 15.4. The summed E-state index contributed by atoms with van der Waals surface area (Å²) in [6.45, 7) is 4.00. The highest BCUT2D eigenvalue weighted by molar-refractivity contribution is 6.10. The molecule has 1 aliphatic heterocycles. The van der Waals surface area contributed by atoms with Crippen LogP contribution in [0.15, 0.2) is 36.7 Å². The number of methoxy groups -OCH3 is 1. The molecular formula is C33H38F3N7O2. The molecule has 0 unspecified atom stereocenters. The Labute approximate surface area is 260 Å². The molecule has 9 nitrogen and oxygen atoms in total. The Kier molecular flexibility index (Phi) is 7.90. The number of carbonyl (C=O) groups excluding carboxylic acids is 1. The number of alkyl halides is 3. The van der Waals surface area contributed by atoms with Crippen molar-refractivity contribution in [2.45, 2.75) is 94.7 Å². The number of carbonyl (C=O) groups is 1. The van der Waals surface area contributed by atoms with E-state index in [9.17, 15) is 23.2 Å². The predicted molar refractivity (Wildman–Crippen MR) is 163 cm³/mol. The highest BCUT2D eigenvalue weighted by atomic mass is 19.4. The van der Waals surface area contributed by atoms with Gasteiger partial charge < -0.3 is 24.8 Å². The molecule has 12 heteroatoms. The zero-order chi connectivity index (χ0) is 32.1. The van der Waals surface area contributed by atoms with Crippen molar-refractivity contribution in [3.05, 3.63) is 70.3 Å². The van der Waals surface area contributed by atoms with Crippen molar-refractivity contribution in [1.82, 2.24) is 20.1 Å². The molecule has 45 heavy (non-hydrogen) atoms. The first-order chi connectivity index (χ1) is 21.4. The molecule has 0 saturated heterocycles. The Hall–Kier alpha value is -3.95. The molecule has 2 aromatic carbocycles. The minimum absolute atomic E-state index is 0.0134. The van der Waals surface area contributed by atoms with Gasteiger partial charge in [-0.2, -0.15) is 18.4 Å². The number of amides is 1. The van der Waals surface area contributed by atoms with Crippen LogP contribution in [0.2, 0.25) is 0 Å². The topological polar surface area (TPSA) is 108 Å². The number of aryl methyl sites for hydroxylation is 1. The number of ether oxygens (including phenoxy) is 1. The Morgan fingerprint density at radius 3 is 2.56 bits per heavy atom. The van der Waals surface area contributed by atoms with E-state index in [0.717, 1.165) is 30.7 Å². The summed E-state index contributed by atoms with van der Waals surface area (Å²) in [5.41, 5.74) is 1.01. The molecule has 0 bridgehead atoms. The number of hydrogen-bond donors (Lipinski definition) is 2. The SMILES string of the molecule is CO[C@H]1C[C@](c2cc(N[C@H](C)CC#N)cc(N3Cc4c(cc(CNC5(C)CCC5)cc4C(F)(F)F)C3=O)c2)(c2nncn2C)C1. The van der Waals surface area contributed by atoms with Gasteiger partial charge in [0.25, 0.3) is 5.91 Å². The maximum atomic E-state index is 14.4. The molecule has 2 saturated carbocycles. The van der Waals surface area contributed by atoms with Crippen molar-refractivity contribution in [1.29, 1.82) is 5.26 Å². The van der Waals surface area contributed by atoms with Crippen LogP contribution < -0.4 is 15.5 Å². The Balaban J connectivity index is 1.41. The lowest BCUT2D eigenvalue weighted by atomic mass is 9.61. The summed E-state index contributed by atoms with van der Waals surface area (Å²) in [5, 5.41) is 24.5. The number of nitriles is 1. The summed E-state index contributed by atoms with van der Waals surface area (Å²) in [6, 6.07) is 10.4. The fraction of sp³-hybridized carbons (Fsp3) is 0.515. The van der Waals surface area contributed by atoms with E-state index in [0.29, 0.717) is 29.8 Å². The van der Waals surface area contributed by atoms with Crippen molar-refractivity contribution in [3.8, 4) is 6.07 Å². The van der Waals surface area contributed by atoms with Crippen LogP contribution in [0.4, 0.5) is 24.5 Å². The molecular weight excluding hydrogens is 583 g/mol. The van der Waals surface area contributed by atoms with Crippen molar-refractivity contribution < 1.29 is 22.7 Å². The number of halogens is 3. The van der Waals surface area contributed by atoms with Crippen LogP contribution in [-0.2, 0) is 36.5 Å². The highest BCUT2D eigenvalue weighted by Gasteiger charge is 2.51. The average Bonchev–Trinajstić information content (AvgIpc) is 3.52. The van der Waals surface area contributed by atoms with Crippen LogP contribution in [0.1, 0.15) is 90.8 Å². The first-order valence-electron chi connectivity index (χ1n) is 15.3. The van der Waals surface area contributed by atoms with E-state index in [4.69, 9.17) is 4.74 Å². The Morgan fingerprint density at radius 2 is 1.96 bits per heavy atom. The first kappa shape index (κ1) is 31.0. The van der Waals surface area contributed by atoms with E-state index >= 15 is 0 Å². The van der Waals surface area contributed by atoms with Gasteiger partial charge in [-0.3, -0.25) is 4.79 Å². The second-order valence-electron chi connectivity index (χ2n) is 13.1. The molecule has 1 atom stereocenters. The van der Waals surface area contributed by atoms with E-state index in [1.807, 2.05) is 30.7 Å². The van der Waals surface area contributed by atoms with Crippen molar-refractivity contribution in [2.24, 2.45) is 7.05 Å².